The summed E-state index contributed by atoms with van der Waals surface area (Å²) < 4.78 is 37.5. The number of nitrogens with zero attached hydrogens (tertiary/aromatic N) is 1. The molecule has 0 fully saturated rings. The van der Waals surface area contributed by atoms with Crippen molar-refractivity contribution in [1.82, 2.24) is 4.90 Å². The maximum absolute atomic E-state index is 12.5. The number of rotatable bonds is 5. The second-order valence-electron chi connectivity index (χ2n) is 4.99. The fourth-order valence-corrected chi connectivity index (χ4v) is 2.50. The third-order valence-corrected chi connectivity index (χ3v) is 3.23. The summed E-state index contributed by atoms with van der Waals surface area (Å²) >= 11 is 0. The van der Waals surface area contributed by atoms with Crippen molar-refractivity contribution < 1.29 is 13.2 Å². The quantitative estimate of drug-likeness (QED) is 0.883. The lowest BCUT2D eigenvalue weighted by Gasteiger charge is -2.23. The zero-order chi connectivity index (χ0) is 13.9. The van der Waals surface area contributed by atoms with Crippen molar-refractivity contribution in [3.63, 3.8) is 0 Å². The van der Waals surface area contributed by atoms with E-state index in [2.05, 4.69) is 5.32 Å². The van der Waals surface area contributed by atoms with Gasteiger partial charge in [0.2, 0.25) is 0 Å². The summed E-state index contributed by atoms with van der Waals surface area (Å²) in [5, 5.41) is 3.25. The first-order chi connectivity index (χ1) is 8.98. The summed E-state index contributed by atoms with van der Waals surface area (Å²) in [5.74, 6) is 0. The van der Waals surface area contributed by atoms with Gasteiger partial charge in [-0.05, 0) is 36.6 Å². The summed E-state index contributed by atoms with van der Waals surface area (Å²) in [5.41, 5.74) is 3.28. The Bertz CT molecular complexity index is 429. The van der Waals surface area contributed by atoms with E-state index in [1.54, 1.807) is 0 Å². The highest BCUT2D eigenvalue weighted by Crippen LogP contribution is 2.24. The summed E-state index contributed by atoms with van der Waals surface area (Å²) in [6, 6.07) is 5.90. The van der Waals surface area contributed by atoms with Crippen molar-refractivity contribution in [2.75, 3.05) is 25.0 Å². The van der Waals surface area contributed by atoms with E-state index < -0.39 is 12.7 Å². The zero-order valence-electron chi connectivity index (χ0n) is 11.1. The summed E-state index contributed by atoms with van der Waals surface area (Å²) in [6.45, 7) is 2.81. The van der Waals surface area contributed by atoms with Crippen LogP contribution in [0.4, 0.5) is 18.9 Å². The summed E-state index contributed by atoms with van der Waals surface area (Å²) in [4.78, 5) is 1.46. The molecule has 2 nitrogen and oxygen atoms in total. The topological polar surface area (TPSA) is 15.3 Å². The van der Waals surface area contributed by atoms with Crippen LogP contribution in [0.3, 0.4) is 0 Å². The highest BCUT2D eigenvalue weighted by molar-refractivity contribution is 5.56. The number of benzene rings is 1. The molecule has 1 aromatic carbocycles. The van der Waals surface area contributed by atoms with E-state index in [1.165, 1.54) is 10.5 Å². The molecule has 1 aliphatic rings. The van der Waals surface area contributed by atoms with Crippen LogP contribution in [-0.2, 0) is 13.0 Å². The second kappa shape index (κ2) is 5.82. The average Bonchev–Trinajstić information content (AvgIpc) is 2.74. The Labute approximate surface area is 111 Å². The van der Waals surface area contributed by atoms with Crippen LogP contribution in [0.1, 0.15) is 24.5 Å². The van der Waals surface area contributed by atoms with Crippen LogP contribution >= 0.6 is 0 Å². The predicted molar refractivity (Wildman–Crippen MR) is 70.3 cm³/mol. The van der Waals surface area contributed by atoms with Crippen molar-refractivity contribution in [2.45, 2.75) is 32.5 Å². The number of nitrogens with one attached hydrogen (secondary N) is 1. The molecule has 106 valence electrons. The van der Waals surface area contributed by atoms with Gasteiger partial charge < -0.3 is 5.32 Å². The van der Waals surface area contributed by atoms with Crippen LogP contribution < -0.4 is 5.32 Å². The summed E-state index contributed by atoms with van der Waals surface area (Å²) in [6.07, 6.45) is -2.45. The van der Waals surface area contributed by atoms with Gasteiger partial charge in [-0.25, -0.2) is 0 Å². The van der Waals surface area contributed by atoms with Crippen LogP contribution in [0.2, 0.25) is 0 Å². The van der Waals surface area contributed by atoms with Crippen LogP contribution in [-0.4, -0.2) is 30.7 Å². The zero-order valence-corrected chi connectivity index (χ0v) is 11.1. The molecule has 1 heterocycles. The predicted octanol–water partition coefficient (Wildman–Crippen LogP) is 3.43. The van der Waals surface area contributed by atoms with Gasteiger partial charge in [0, 0.05) is 18.8 Å². The Kier molecular flexibility index (Phi) is 4.34. The molecule has 5 heteroatoms. The van der Waals surface area contributed by atoms with E-state index in [1.807, 2.05) is 25.1 Å². The van der Waals surface area contributed by atoms with Crippen molar-refractivity contribution >= 4 is 5.69 Å². The van der Waals surface area contributed by atoms with E-state index in [-0.39, 0.29) is 0 Å². The van der Waals surface area contributed by atoms with E-state index in [9.17, 15) is 13.2 Å². The molecule has 0 atom stereocenters. The smallest absolute Gasteiger partial charge is 0.384 e. The summed E-state index contributed by atoms with van der Waals surface area (Å²) in [7, 11) is 0. The molecule has 1 aliphatic heterocycles. The Morgan fingerprint density at radius 2 is 2.11 bits per heavy atom. The first-order valence-electron chi connectivity index (χ1n) is 6.62. The third-order valence-electron chi connectivity index (χ3n) is 3.23. The van der Waals surface area contributed by atoms with Crippen LogP contribution in [0, 0.1) is 0 Å². The van der Waals surface area contributed by atoms with Gasteiger partial charge in [0.15, 0.2) is 0 Å². The van der Waals surface area contributed by atoms with Crippen LogP contribution in [0.25, 0.3) is 0 Å². The van der Waals surface area contributed by atoms with E-state index in [0.717, 1.165) is 30.6 Å². The monoisotopic (exact) mass is 272 g/mol. The van der Waals surface area contributed by atoms with E-state index in [4.69, 9.17) is 0 Å². The van der Waals surface area contributed by atoms with Crippen LogP contribution in [0.5, 0.6) is 0 Å². The third kappa shape index (κ3) is 4.13. The standard InChI is InChI=1S/C14H19F3N2/c1-2-7-19(10-14(15,16)17)9-11-3-4-13-12(8-11)5-6-18-13/h3-4,8,18H,2,5-7,9-10H2,1H3. The van der Waals surface area contributed by atoms with Gasteiger partial charge in [-0.1, -0.05) is 19.1 Å². The van der Waals surface area contributed by atoms with Gasteiger partial charge in [-0.15, -0.1) is 0 Å². The Balaban J connectivity index is 2.04. The molecule has 2 rings (SSSR count). The van der Waals surface area contributed by atoms with Crippen molar-refractivity contribution in [3.8, 4) is 0 Å². The maximum Gasteiger partial charge on any atom is 0.401 e. The molecule has 1 aromatic rings. The normalized spacial score (nSPS) is 14.6. The van der Waals surface area contributed by atoms with Gasteiger partial charge in [0.1, 0.15) is 0 Å². The minimum atomic E-state index is -4.13. The molecule has 19 heavy (non-hydrogen) atoms. The van der Waals surface area contributed by atoms with E-state index >= 15 is 0 Å². The second-order valence-corrected chi connectivity index (χ2v) is 4.99. The minimum absolute atomic E-state index is 0.362. The van der Waals surface area contributed by atoms with Gasteiger partial charge in [-0.2, -0.15) is 13.2 Å². The number of hydrogen-bond donors (Lipinski definition) is 1. The Morgan fingerprint density at radius 3 is 2.79 bits per heavy atom. The molecule has 0 radical (unpaired) electrons. The van der Waals surface area contributed by atoms with E-state index in [0.29, 0.717) is 13.1 Å². The molecule has 0 unspecified atom stereocenters. The molecule has 0 aliphatic carbocycles. The fraction of sp³-hybridized carbons (Fsp3) is 0.571. The van der Waals surface area contributed by atoms with Gasteiger partial charge in [0.25, 0.3) is 0 Å². The highest BCUT2D eigenvalue weighted by atomic mass is 19.4. The molecule has 1 N–H and O–H groups in total. The van der Waals surface area contributed by atoms with Gasteiger partial charge >= 0.3 is 6.18 Å². The molecule has 0 spiro atoms. The maximum atomic E-state index is 12.5. The number of hydrogen-bond acceptors (Lipinski definition) is 2. The number of halogens is 3. The van der Waals surface area contributed by atoms with Crippen molar-refractivity contribution in [1.29, 1.82) is 0 Å². The lowest BCUT2D eigenvalue weighted by Crippen LogP contribution is -2.34. The Hall–Kier alpha value is -1.23. The molecular weight excluding hydrogens is 253 g/mol. The fourth-order valence-electron chi connectivity index (χ4n) is 2.50. The average molecular weight is 272 g/mol. The van der Waals surface area contributed by atoms with Crippen molar-refractivity contribution in [3.05, 3.63) is 29.3 Å². The molecule has 0 saturated heterocycles. The lowest BCUT2D eigenvalue weighted by molar-refractivity contribution is -0.147. The first kappa shape index (κ1) is 14.2. The molecule has 0 amide bonds. The first-order valence-corrected chi connectivity index (χ1v) is 6.62. The molecule has 0 bridgehead atoms. The van der Waals surface area contributed by atoms with Gasteiger partial charge in [0.05, 0.1) is 6.54 Å². The van der Waals surface area contributed by atoms with Crippen LogP contribution in [0.15, 0.2) is 18.2 Å². The highest BCUT2D eigenvalue weighted by Gasteiger charge is 2.30. The van der Waals surface area contributed by atoms with Crippen molar-refractivity contribution in [2.24, 2.45) is 0 Å². The Morgan fingerprint density at radius 1 is 1.32 bits per heavy atom. The number of anilines is 1. The molecule has 0 saturated carbocycles. The number of fused-ring (bicyclic) bond motifs is 1. The lowest BCUT2D eigenvalue weighted by atomic mass is 10.1. The van der Waals surface area contributed by atoms with Gasteiger partial charge in [-0.3, -0.25) is 4.90 Å². The number of alkyl halides is 3. The minimum Gasteiger partial charge on any atom is -0.384 e. The molecular formula is C14H19F3N2. The SMILES string of the molecule is CCCN(Cc1ccc2c(c1)CCN2)CC(F)(F)F. The molecule has 0 aromatic heterocycles. The largest absolute Gasteiger partial charge is 0.401 e.